The van der Waals surface area contributed by atoms with Crippen LogP contribution < -0.4 is 4.74 Å². The van der Waals surface area contributed by atoms with Crippen LogP contribution in [0.25, 0.3) is 11.4 Å². The number of carbonyl (C=O) groups is 1. The molecule has 0 spiro atoms. The van der Waals surface area contributed by atoms with E-state index in [4.69, 9.17) is 4.74 Å². The number of aromatic nitrogens is 3. The Labute approximate surface area is 180 Å². The van der Waals surface area contributed by atoms with Crippen molar-refractivity contribution >= 4 is 5.91 Å². The van der Waals surface area contributed by atoms with Crippen LogP contribution in [0.2, 0.25) is 0 Å². The quantitative estimate of drug-likeness (QED) is 0.639. The van der Waals surface area contributed by atoms with Gasteiger partial charge in [-0.15, -0.1) is 0 Å². The van der Waals surface area contributed by atoms with Crippen molar-refractivity contribution in [2.75, 3.05) is 6.54 Å². The summed E-state index contributed by atoms with van der Waals surface area (Å²) in [5, 5.41) is 0. The summed E-state index contributed by atoms with van der Waals surface area (Å²) in [6.07, 6.45) is 6.86. The zero-order valence-corrected chi connectivity index (χ0v) is 17.2. The molecule has 3 aliphatic rings. The van der Waals surface area contributed by atoms with Crippen LogP contribution in [0.3, 0.4) is 0 Å². The van der Waals surface area contributed by atoms with Gasteiger partial charge in [-0.1, -0.05) is 24.3 Å². The predicted octanol–water partition coefficient (Wildman–Crippen LogP) is 4.06. The van der Waals surface area contributed by atoms with Gasteiger partial charge in [0.15, 0.2) is 11.6 Å². The molecule has 1 aromatic carbocycles. The topological polar surface area (TPSA) is 68.2 Å². The fourth-order valence-electron chi connectivity index (χ4n) is 4.64. The van der Waals surface area contributed by atoms with Crippen LogP contribution in [0.4, 0.5) is 4.39 Å². The number of pyridine rings is 1. The summed E-state index contributed by atoms with van der Waals surface area (Å²) < 4.78 is 19.5. The van der Waals surface area contributed by atoms with E-state index in [9.17, 15) is 9.18 Å². The maximum Gasteiger partial charge on any atom is 0.254 e. The van der Waals surface area contributed by atoms with Gasteiger partial charge in [0.05, 0.1) is 24.0 Å². The standard InChI is InChI=1S/C24H23FN4O2/c1-15-6-9-22(26-11-15)31-21-10-16-7-8-20(21)29(14-16)24(30)19-5-3-2-4-18(19)23-27-12-17(25)13-28-23/h2-6,9,11-13,16,20-21H,7-8,10,14H2,1H3. The molecular weight excluding hydrogens is 395 g/mol. The second kappa shape index (κ2) is 8.06. The molecule has 1 saturated carbocycles. The monoisotopic (exact) mass is 418 g/mol. The zero-order valence-electron chi connectivity index (χ0n) is 17.2. The number of halogens is 1. The lowest BCUT2D eigenvalue weighted by Gasteiger charge is -2.49. The Bertz CT molecular complexity index is 1090. The summed E-state index contributed by atoms with van der Waals surface area (Å²) >= 11 is 0. The third kappa shape index (κ3) is 3.87. The summed E-state index contributed by atoms with van der Waals surface area (Å²) in [4.78, 5) is 28.1. The lowest BCUT2D eigenvalue weighted by molar-refractivity contribution is -0.0313. The number of aryl methyl sites for hydroxylation is 1. The Morgan fingerprint density at radius 2 is 1.87 bits per heavy atom. The first-order chi connectivity index (χ1) is 15.1. The van der Waals surface area contributed by atoms with Crippen molar-refractivity contribution in [3.8, 4) is 17.3 Å². The average molecular weight is 418 g/mol. The van der Waals surface area contributed by atoms with E-state index in [2.05, 4.69) is 15.0 Å². The molecule has 1 amide bonds. The van der Waals surface area contributed by atoms with Gasteiger partial charge >= 0.3 is 0 Å². The fraction of sp³-hybridized carbons (Fsp3) is 0.333. The van der Waals surface area contributed by atoms with Gasteiger partial charge in [-0.2, -0.15) is 0 Å². The van der Waals surface area contributed by atoms with Crippen LogP contribution in [0.5, 0.6) is 5.88 Å². The molecule has 7 heteroatoms. The van der Waals surface area contributed by atoms with Crippen molar-refractivity contribution in [1.29, 1.82) is 0 Å². The number of ether oxygens (including phenoxy) is 1. The highest BCUT2D eigenvalue weighted by molar-refractivity contribution is 6.00. The molecule has 1 aliphatic carbocycles. The number of hydrogen-bond donors (Lipinski definition) is 0. The normalized spacial score (nSPS) is 22.4. The van der Waals surface area contributed by atoms with Crippen molar-refractivity contribution in [2.24, 2.45) is 5.92 Å². The third-order valence-electron chi connectivity index (χ3n) is 6.16. The first-order valence-electron chi connectivity index (χ1n) is 10.6. The summed E-state index contributed by atoms with van der Waals surface area (Å²) in [7, 11) is 0. The van der Waals surface area contributed by atoms with Gasteiger partial charge in [-0.25, -0.2) is 19.3 Å². The number of fused-ring (bicyclic) bond motifs is 3. The van der Waals surface area contributed by atoms with Crippen LogP contribution in [0.15, 0.2) is 55.0 Å². The minimum absolute atomic E-state index is 0.0113. The molecule has 4 heterocycles. The maximum atomic E-state index is 13.6. The van der Waals surface area contributed by atoms with Crippen molar-refractivity contribution in [3.05, 3.63) is 71.9 Å². The number of benzene rings is 1. The van der Waals surface area contributed by atoms with Gasteiger partial charge in [0.1, 0.15) is 6.10 Å². The molecule has 2 aliphatic heterocycles. The van der Waals surface area contributed by atoms with Crippen molar-refractivity contribution in [2.45, 2.75) is 38.3 Å². The Morgan fingerprint density at radius 1 is 1.06 bits per heavy atom. The van der Waals surface area contributed by atoms with Crippen LogP contribution in [0.1, 0.15) is 35.2 Å². The highest BCUT2D eigenvalue weighted by atomic mass is 19.1. The first kappa shape index (κ1) is 19.6. The molecule has 6 nitrogen and oxygen atoms in total. The van der Waals surface area contributed by atoms with Crippen molar-refractivity contribution < 1.29 is 13.9 Å². The molecule has 158 valence electrons. The van der Waals surface area contributed by atoms with E-state index >= 15 is 0 Å². The smallest absolute Gasteiger partial charge is 0.254 e. The number of hydrogen-bond acceptors (Lipinski definition) is 5. The zero-order chi connectivity index (χ0) is 21.4. The highest BCUT2D eigenvalue weighted by Gasteiger charge is 2.44. The van der Waals surface area contributed by atoms with Gasteiger partial charge in [0.2, 0.25) is 5.88 Å². The Hall–Kier alpha value is -3.35. The number of piperidine rings is 2. The SMILES string of the molecule is Cc1ccc(OC2CC3CCC2N(C(=O)c2ccccc2-c2ncc(F)cn2)C3)nc1. The molecule has 31 heavy (non-hydrogen) atoms. The van der Waals surface area contributed by atoms with E-state index in [0.29, 0.717) is 35.3 Å². The van der Waals surface area contributed by atoms with E-state index < -0.39 is 5.82 Å². The molecule has 3 atom stereocenters. The lowest BCUT2D eigenvalue weighted by atomic mass is 9.77. The van der Waals surface area contributed by atoms with Crippen LogP contribution in [-0.4, -0.2) is 44.4 Å². The molecule has 2 saturated heterocycles. The highest BCUT2D eigenvalue weighted by Crippen LogP contribution is 2.38. The van der Waals surface area contributed by atoms with Crippen molar-refractivity contribution in [1.82, 2.24) is 19.9 Å². The van der Waals surface area contributed by atoms with E-state index in [1.54, 1.807) is 18.3 Å². The van der Waals surface area contributed by atoms with Crippen LogP contribution in [-0.2, 0) is 0 Å². The fourth-order valence-corrected chi connectivity index (χ4v) is 4.64. The largest absolute Gasteiger partial charge is 0.472 e. The lowest BCUT2D eigenvalue weighted by Crippen LogP contribution is -2.59. The number of amides is 1. The van der Waals surface area contributed by atoms with Gasteiger partial charge in [0.25, 0.3) is 5.91 Å². The van der Waals surface area contributed by atoms with E-state index in [1.807, 2.05) is 36.1 Å². The molecule has 0 radical (unpaired) electrons. The maximum absolute atomic E-state index is 13.6. The average Bonchev–Trinajstić information content (AvgIpc) is 2.81. The minimum Gasteiger partial charge on any atom is -0.472 e. The second-order valence-electron chi connectivity index (χ2n) is 8.30. The Kier molecular flexibility index (Phi) is 5.10. The molecular formula is C24H23FN4O2. The summed E-state index contributed by atoms with van der Waals surface area (Å²) in [6, 6.07) is 11.1. The van der Waals surface area contributed by atoms with E-state index in [0.717, 1.165) is 37.2 Å². The summed E-state index contributed by atoms with van der Waals surface area (Å²) in [5.74, 6) is 0.757. The summed E-state index contributed by atoms with van der Waals surface area (Å²) in [6.45, 7) is 2.70. The van der Waals surface area contributed by atoms with Gasteiger partial charge in [0, 0.05) is 24.4 Å². The Morgan fingerprint density at radius 3 is 2.61 bits per heavy atom. The third-order valence-corrected chi connectivity index (χ3v) is 6.16. The number of carbonyl (C=O) groups excluding carboxylic acids is 1. The van der Waals surface area contributed by atoms with Crippen LogP contribution in [0, 0.1) is 18.7 Å². The van der Waals surface area contributed by atoms with Gasteiger partial charge in [-0.3, -0.25) is 4.79 Å². The molecule has 0 N–H and O–H groups in total. The van der Waals surface area contributed by atoms with Crippen LogP contribution >= 0.6 is 0 Å². The molecule has 2 bridgehead atoms. The number of nitrogens with zero attached hydrogens (tertiary/aromatic N) is 4. The second-order valence-corrected chi connectivity index (χ2v) is 8.30. The van der Waals surface area contributed by atoms with Crippen molar-refractivity contribution in [3.63, 3.8) is 0 Å². The summed E-state index contributed by atoms with van der Waals surface area (Å²) in [5.41, 5.74) is 2.20. The Balaban J connectivity index is 1.42. The minimum atomic E-state index is -0.509. The van der Waals surface area contributed by atoms with Gasteiger partial charge in [-0.05, 0) is 43.7 Å². The number of rotatable bonds is 4. The van der Waals surface area contributed by atoms with Gasteiger partial charge < -0.3 is 9.64 Å². The molecule has 6 rings (SSSR count). The molecule has 3 aromatic rings. The predicted molar refractivity (Wildman–Crippen MR) is 113 cm³/mol. The van der Waals surface area contributed by atoms with E-state index in [1.165, 1.54) is 0 Å². The molecule has 3 fully saturated rings. The first-order valence-corrected chi connectivity index (χ1v) is 10.6. The molecule has 2 aromatic heterocycles. The molecule has 3 unspecified atom stereocenters. The van der Waals surface area contributed by atoms with E-state index in [-0.39, 0.29) is 18.1 Å².